The number of nitrogens with zero attached hydrogens (tertiary/aromatic N) is 1. The number of alkyl halides is 3. The number of hydrogen-bond acceptors (Lipinski definition) is 3. The van der Waals surface area contributed by atoms with Crippen LogP contribution in [0.15, 0.2) is 35.5 Å². The molecule has 0 aliphatic carbocycles. The molecule has 7 heteroatoms. The predicted octanol–water partition coefficient (Wildman–Crippen LogP) is 2.69. The Morgan fingerprint density at radius 3 is 2.31 bits per heavy atom. The zero-order valence-corrected chi connectivity index (χ0v) is 8.42. The molecule has 86 valence electrons. The van der Waals surface area contributed by atoms with Crippen LogP contribution in [0.2, 0.25) is 0 Å². The third-order valence-electron chi connectivity index (χ3n) is 1.45. The van der Waals surface area contributed by atoms with Crippen molar-refractivity contribution in [3.05, 3.63) is 35.9 Å². The van der Waals surface area contributed by atoms with Crippen LogP contribution in [-0.2, 0) is 9.63 Å². The Morgan fingerprint density at radius 1 is 1.25 bits per heavy atom. The average molecular weight is 252 g/mol. The van der Waals surface area contributed by atoms with E-state index in [2.05, 4.69) is 9.99 Å². The molecule has 0 atom stereocenters. The molecule has 0 heterocycles. The molecule has 0 aromatic heterocycles. The van der Waals surface area contributed by atoms with Gasteiger partial charge < -0.3 is 4.84 Å². The van der Waals surface area contributed by atoms with Crippen molar-refractivity contribution in [1.82, 2.24) is 0 Å². The second kappa shape index (κ2) is 4.98. The first-order valence-corrected chi connectivity index (χ1v) is 4.36. The Bertz CT molecular complexity index is 403. The molecule has 1 aromatic rings. The van der Waals surface area contributed by atoms with Crippen molar-refractivity contribution in [2.24, 2.45) is 5.16 Å². The standard InChI is InChI=1S/C9H5ClF3NO2/c10-7(6-4-2-1-3-5-6)14-16-8(15)9(11,12)13/h1-5H/b14-7-. The summed E-state index contributed by atoms with van der Waals surface area (Å²) in [5, 5.41) is 2.54. The van der Waals surface area contributed by atoms with Crippen LogP contribution in [0.1, 0.15) is 5.56 Å². The van der Waals surface area contributed by atoms with E-state index in [1.165, 1.54) is 12.1 Å². The zero-order valence-electron chi connectivity index (χ0n) is 7.66. The lowest BCUT2D eigenvalue weighted by Crippen LogP contribution is -2.23. The van der Waals surface area contributed by atoms with Gasteiger partial charge in [-0.3, -0.25) is 0 Å². The average Bonchev–Trinajstić information content (AvgIpc) is 2.25. The molecule has 0 bridgehead atoms. The van der Waals surface area contributed by atoms with Gasteiger partial charge in [-0.15, -0.1) is 0 Å². The second-order valence-electron chi connectivity index (χ2n) is 2.62. The Labute approximate surface area is 93.5 Å². The third-order valence-corrected chi connectivity index (χ3v) is 1.74. The summed E-state index contributed by atoms with van der Waals surface area (Å²) in [5.74, 6) is -2.42. The van der Waals surface area contributed by atoms with Crippen LogP contribution in [0.4, 0.5) is 13.2 Å². The zero-order chi connectivity index (χ0) is 12.2. The van der Waals surface area contributed by atoms with Gasteiger partial charge in [-0.25, -0.2) is 4.79 Å². The fourth-order valence-corrected chi connectivity index (χ4v) is 0.922. The number of hydrogen-bond donors (Lipinski definition) is 0. The van der Waals surface area contributed by atoms with Crippen molar-refractivity contribution < 1.29 is 22.8 Å². The summed E-state index contributed by atoms with van der Waals surface area (Å²) in [5.41, 5.74) is 0.346. The molecule has 0 aliphatic heterocycles. The van der Waals surface area contributed by atoms with E-state index in [1.54, 1.807) is 18.2 Å². The lowest BCUT2D eigenvalue weighted by Gasteiger charge is -2.02. The van der Waals surface area contributed by atoms with Gasteiger partial charge in [0.2, 0.25) is 0 Å². The van der Waals surface area contributed by atoms with Crippen LogP contribution < -0.4 is 0 Å². The molecule has 0 saturated carbocycles. The first kappa shape index (κ1) is 12.5. The highest BCUT2D eigenvalue weighted by Crippen LogP contribution is 2.17. The van der Waals surface area contributed by atoms with Gasteiger partial charge in [-0.05, 0) is 0 Å². The second-order valence-corrected chi connectivity index (χ2v) is 2.98. The minimum Gasteiger partial charge on any atom is -0.307 e. The summed E-state index contributed by atoms with van der Waals surface area (Å²) in [4.78, 5) is 13.9. The van der Waals surface area contributed by atoms with Crippen LogP contribution in [0, 0.1) is 0 Å². The smallest absolute Gasteiger partial charge is 0.307 e. The fourth-order valence-electron chi connectivity index (χ4n) is 0.762. The van der Waals surface area contributed by atoms with Gasteiger partial charge in [0, 0.05) is 5.56 Å². The van der Waals surface area contributed by atoms with E-state index >= 15 is 0 Å². The predicted molar refractivity (Wildman–Crippen MR) is 51.0 cm³/mol. The maximum atomic E-state index is 11.7. The Morgan fingerprint density at radius 2 is 1.81 bits per heavy atom. The molecule has 0 aliphatic rings. The molecule has 16 heavy (non-hydrogen) atoms. The number of rotatable bonds is 2. The molecule has 0 unspecified atom stereocenters. The van der Waals surface area contributed by atoms with E-state index in [0.717, 1.165) is 0 Å². The van der Waals surface area contributed by atoms with Crippen LogP contribution >= 0.6 is 11.6 Å². The Balaban J connectivity index is 2.70. The highest BCUT2D eigenvalue weighted by Gasteiger charge is 2.41. The number of oxime groups is 1. The molecule has 0 fully saturated rings. The van der Waals surface area contributed by atoms with E-state index in [-0.39, 0.29) is 5.17 Å². The molecule has 0 amide bonds. The van der Waals surface area contributed by atoms with Gasteiger partial charge in [0.25, 0.3) is 0 Å². The van der Waals surface area contributed by atoms with Crippen molar-refractivity contribution in [1.29, 1.82) is 0 Å². The van der Waals surface area contributed by atoms with Gasteiger partial charge in [-0.2, -0.15) is 13.2 Å². The van der Waals surface area contributed by atoms with Crippen LogP contribution in [0.3, 0.4) is 0 Å². The normalized spacial score (nSPS) is 12.4. The topological polar surface area (TPSA) is 38.7 Å². The third kappa shape index (κ3) is 3.54. The Kier molecular flexibility index (Phi) is 3.89. The summed E-state index contributed by atoms with van der Waals surface area (Å²) in [6.45, 7) is 0. The lowest BCUT2D eigenvalue weighted by atomic mass is 10.2. The molecule has 0 N–H and O–H groups in total. The molecule has 0 spiro atoms. The maximum Gasteiger partial charge on any atom is 0.493 e. The molecule has 1 rings (SSSR count). The first-order valence-electron chi connectivity index (χ1n) is 3.98. The molecule has 0 radical (unpaired) electrons. The van der Waals surface area contributed by atoms with Crippen molar-refractivity contribution in [3.8, 4) is 0 Å². The summed E-state index contributed by atoms with van der Waals surface area (Å²) in [6.07, 6.45) is -5.09. The van der Waals surface area contributed by atoms with Crippen LogP contribution in [0.5, 0.6) is 0 Å². The van der Waals surface area contributed by atoms with Crippen molar-refractivity contribution >= 4 is 22.7 Å². The van der Waals surface area contributed by atoms with E-state index in [4.69, 9.17) is 11.6 Å². The molecular formula is C9H5ClF3NO2. The summed E-state index contributed by atoms with van der Waals surface area (Å²) in [7, 11) is 0. The van der Waals surface area contributed by atoms with E-state index in [9.17, 15) is 18.0 Å². The monoisotopic (exact) mass is 251 g/mol. The van der Waals surface area contributed by atoms with Gasteiger partial charge in [0.1, 0.15) is 0 Å². The van der Waals surface area contributed by atoms with Gasteiger partial charge in [0.15, 0.2) is 5.17 Å². The maximum absolute atomic E-state index is 11.7. The van der Waals surface area contributed by atoms with E-state index in [0.29, 0.717) is 5.56 Å². The summed E-state index contributed by atoms with van der Waals surface area (Å²) >= 11 is 5.51. The highest BCUT2D eigenvalue weighted by molar-refractivity contribution is 6.69. The van der Waals surface area contributed by atoms with Crippen molar-refractivity contribution in [2.45, 2.75) is 6.18 Å². The van der Waals surface area contributed by atoms with Gasteiger partial charge in [0.05, 0.1) is 0 Å². The minimum atomic E-state index is -5.09. The van der Waals surface area contributed by atoms with E-state index in [1.807, 2.05) is 0 Å². The number of benzene rings is 1. The lowest BCUT2D eigenvalue weighted by molar-refractivity contribution is -0.199. The van der Waals surface area contributed by atoms with Gasteiger partial charge in [-0.1, -0.05) is 47.1 Å². The van der Waals surface area contributed by atoms with Crippen LogP contribution in [-0.4, -0.2) is 17.3 Å². The molecule has 1 aromatic carbocycles. The highest BCUT2D eigenvalue weighted by atomic mass is 35.5. The SMILES string of the molecule is O=C(O/N=C(\Cl)c1ccccc1)C(F)(F)F. The van der Waals surface area contributed by atoms with Gasteiger partial charge >= 0.3 is 12.1 Å². The minimum absolute atomic E-state index is 0.335. The van der Waals surface area contributed by atoms with Crippen molar-refractivity contribution in [3.63, 3.8) is 0 Å². The quantitative estimate of drug-likeness (QED) is 0.460. The summed E-state index contributed by atoms with van der Waals surface area (Å²) in [6, 6.07) is 7.92. The number of halogens is 4. The van der Waals surface area contributed by atoms with E-state index < -0.39 is 12.1 Å². The van der Waals surface area contributed by atoms with Crippen LogP contribution in [0.25, 0.3) is 0 Å². The molecular weight excluding hydrogens is 247 g/mol. The Hall–Kier alpha value is -1.56. The first-order chi connectivity index (χ1) is 7.41. The van der Waals surface area contributed by atoms with Crippen molar-refractivity contribution in [2.75, 3.05) is 0 Å². The molecule has 0 saturated heterocycles. The molecule has 3 nitrogen and oxygen atoms in total. The number of carbonyl (C=O) groups is 1. The fraction of sp³-hybridized carbons (Fsp3) is 0.111. The summed E-state index contributed by atoms with van der Waals surface area (Å²) < 4.78 is 35.1. The number of carbonyl (C=O) groups excluding carboxylic acids is 1. The largest absolute Gasteiger partial charge is 0.493 e.